The lowest BCUT2D eigenvalue weighted by atomic mass is 10.1. The maximum Gasteiger partial charge on any atom is 0.271 e. The first-order valence-electron chi connectivity index (χ1n) is 7.06. The Morgan fingerprint density at radius 2 is 2.19 bits per heavy atom. The summed E-state index contributed by atoms with van der Waals surface area (Å²) in [5.41, 5.74) is 3.40. The second-order valence-corrected chi connectivity index (χ2v) is 5.24. The Labute approximate surface area is 122 Å². The van der Waals surface area contributed by atoms with Gasteiger partial charge < -0.3 is 9.55 Å². The standard InChI is InChI=1S/C16H17N3O2/c1-2-3-12-6-7-18(10-12)11-13-9-17-16-8-14(19(20)21)4-5-15(13)16/h4-10,17H,2-3,11H2,1H3. The third-order valence-electron chi connectivity index (χ3n) is 3.67. The SMILES string of the molecule is CCCc1ccn(Cc2c[nH]c3cc([N+](=O)[O-])ccc23)c1. The van der Waals surface area contributed by atoms with E-state index < -0.39 is 0 Å². The average molecular weight is 283 g/mol. The summed E-state index contributed by atoms with van der Waals surface area (Å²) in [7, 11) is 0. The molecule has 3 rings (SSSR count). The van der Waals surface area contributed by atoms with Crippen LogP contribution in [0, 0.1) is 10.1 Å². The minimum Gasteiger partial charge on any atom is -0.361 e. The molecule has 3 aromatic rings. The first-order valence-corrected chi connectivity index (χ1v) is 7.06. The van der Waals surface area contributed by atoms with Gasteiger partial charge in [-0.1, -0.05) is 13.3 Å². The van der Waals surface area contributed by atoms with Crippen LogP contribution in [0.3, 0.4) is 0 Å². The van der Waals surface area contributed by atoms with Gasteiger partial charge in [0.15, 0.2) is 0 Å². The zero-order valence-corrected chi connectivity index (χ0v) is 11.9. The second kappa shape index (κ2) is 5.44. The largest absolute Gasteiger partial charge is 0.361 e. The smallest absolute Gasteiger partial charge is 0.271 e. The van der Waals surface area contributed by atoms with Crippen molar-refractivity contribution in [1.82, 2.24) is 9.55 Å². The number of hydrogen-bond donors (Lipinski definition) is 1. The number of nitro groups is 1. The van der Waals surface area contributed by atoms with Crippen LogP contribution in [0.5, 0.6) is 0 Å². The topological polar surface area (TPSA) is 63.9 Å². The van der Waals surface area contributed by atoms with E-state index in [1.807, 2.05) is 12.3 Å². The Morgan fingerprint density at radius 3 is 2.95 bits per heavy atom. The molecule has 0 amide bonds. The Hall–Kier alpha value is -2.56. The third kappa shape index (κ3) is 2.67. The molecule has 0 spiro atoms. The van der Waals surface area contributed by atoms with Crippen molar-refractivity contribution in [2.45, 2.75) is 26.3 Å². The lowest BCUT2D eigenvalue weighted by Crippen LogP contribution is -1.95. The predicted octanol–water partition coefficient (Wildman–Crippen LogP) is 3.88. The Morgan fingerprint density at radius 1 is 1.33 bits per heavy atom. The number of nitro benzene ring substituents is 1. The number of aromatic amines is 1. The van der Waals surface area contributed by atoms with Crippen molar-refractivity contribution >= 4 is 16.6 Å². The van der Waals surface area contributed by atoms with E-state index in [-0.39, 0.29) is 10.6 Å². The van der Waals surface area contributed by atoms with Gasteiger partial charge >= 0.3 is 0 Å². The summed E-state index contributed by atoms with van der Waals surface area (Å²) in [4.78, 5) is 13.5. The van der Waals surface area contributed by atoms with Crippen molar-refractivity contribution < 1.29 is 4.92 Å². The Balaban J connectivity index is 1.88. The summed E-state index contributed by atoms with van der Waals surface area (Å²) in [6.45, 7) is 2.94. The molecule has 0 bridgehead atoms. The van der Waals surface area contributed by atoms with E-state index in [9.17, 15) is 10.1 Å². The molecule has 0 aliphatic carbocycles. The van der Waals surface area contributed by atoms with E-state index in [0.29, 0.717) is 0 Å². The maximum atomic E-state index is 10.8. The highest BCUT2D eigenvalue weighted by atomic mass is 16.6. The molecule has 0 saturated heterocycles. The van der Waals surface area contributed by atoms with Gasteiger partial charge in [-0.15, -0.1) is 0 Å². The van der Waals surface area contributed by atoms with E-state index in [1.165, 1.54) is 5.56 Å². The monoisotopic (exact) mass is 283 g/mol. The zero-order chi connectivity index (χ0) is 14.8. The molecule has 108 valence electrons. The van der Waals surface area contributed by atoms with Crippen LogP contribution >= 0.6 is 0 Å². The van der Waals surface area contributed by atoms with Crippen LogP contribution in [-0.4, -0.2) is 14.5 Å². The van der Waals surface area contributed by atoms with Crippen LogP contribution in [0.25, 0.3) is 10.9 Å². The van der Waals surface area contributed by atoms with Gasteiger partial charge in [-0.3, -0.25) is 10.1 Å². The molecule has 1 aromatic carbocycles. The van der Waals surface area contributed by atoms with Crippen molar-refractivity contribution in [3.05, 3.63) is 64.1 Å². The van der Waals surface area contributed by atoms with Crippen molar-refractivity contribution in [2.24, 2.45) is 0 Å². The van der Waals surface area contributed by atoms with Gasteiger partial charge in [-0.25, -0.2) is 0 Å². The maximum absolute atomic E-state index is 10.8. The van der Waals surface area contributed by atoms with Crippen LogP contribution in [0.2, 0.25) is 0 Å². The molecule has 1 N–H and O–H groups in total. The summed E-state index contributed by atoms with van der Waals surface area (Å²) in [6.07, 6.45) is 8.39. The molecule has 2 heterocycles. The number of fused-ring (bicyclic) bond motifs is 1. The summed E-state index contributed by atoms with van der Waals surface area (Å²) >= 11 is 0. The van der Waals surface area contributed by atoms with Gasteiger partial charge in [0.25, 0.3) is 5.69 Å². The third-order valence-corrected chi connectivity index (χ3v) is 3.67. The van der Waals surface area contributed by atoms with E-state index >= 15 is 0 Å². The van der Waals surface area contributed by atoms with Crippen LogP contribution in [0.15, 0.2) is 42.9 Å². The van der Waals surface area contributed by atoms with Crippen molar-refractivity contribution in [3.8, 4) is 0 Å². The Bertz CT molecular complexity index is 786. The number of benzene rings is 1. The fourth-order valence-corrected chi connectivity index (χ4v) is 2.64. The van der Waals surface area contributed by atoms with Crippen LogP contribution < -0.4 is 0 Å². The molecule has 0 aliphatic rings. The Kier molecular flexibility index (Phi) is 3.48. The lowest BCUT2D eigenvalue weighted by Gasteiger charge is -2.01. The van der Waals surface area contributed by atoms with Crippen molar-refractivity contribution in [1.29, 1.82) is 0 Å². The highest BCUT2D eigenvalue weighted by Gasteiger charge is 2.10. The molecule has 0 fully saturated rings. The number of H-pyrrole nitrogens is 1. The molecule has 21 heavy (non-hydrogen) atoms. The molecule has 2 aromatic heterocycles. The highest BCUT2D eigenvalue weighted by Crippen LogP contribution is 2.24. The molecule has 0 unspecified atom stereocenters. The fourth-order valence-electron chi connectivity index (χ4n) is 2.64. The van der Waals surface area contributed by atoms with E-state index in [4.69, 9.17) is 0 Å². The minimum atomic E-state index is -0.372. The molecule has 0 aliphatic heterocycles. The van der Waals surface area contributed by atoms with E-state index in [2.05, 4.69) is 34.9 Å². The molecule has 0 atom stereocenters. The quantitative estimate of drug-likeness (QED) is 0.570. The first-order chi connectivity index (χ1) is 10.2. The second-order valence-electron chi connectivity index (χ2n) is 5.24. The van der Waals surface area contributed by atoms with Gasteiger partial charge in [0.2, 0.25) is 0 Å². The van der Waals surface area contributed by atoms with Crippen molar-refractivity contribution in [3.63, 3.8) is 0 Å². The summed E-state index contributed by atoms with van der Waals surface area (Å²) < 4.78 is 2.15. The van der Waals surface area contributed by atoms with Gasteiger partial charge in [0.1, 0.15) is 0 Å². The fraction of sp³-hybridized carbons (Fsp3) is 0.250. The van der Waals surface area contributed by atoms with Crippen molar-refractivity contribution in [2.75, 3.05) is 0 Å². The highest BCUT2D eigenvalue weighted by molar-refractivity contribution is 5.85. The number of aromatic nitrogens is 2. The molecule has 0 radical (unpaired) electrons. The summed E-state index contributed by atoms with van der Waals surface area (Å²) in [5, 5.41) is 11.8. The molecule has 0 saturated carbocycles. The van der Waals surface area contributed by atoms with Crippen LogP contribution in [-0.2, 0) is 13.0 Å². The average Bonchev–Trinajstić information content (AvgIpc) is 3.07. The first kappa shape index (κ1) is 13.4. The van der Waals surface area contributed by atoms with Gasteiger partial charge in [-0.05, 0) is 29.7 Å². The molecular formula is C16H17N3O2. The lowest BCUT2D eigenvalue weighted by molar-refractivity contribution is -0.384. The normalized spacial score (nSPS) is 11.1. The molecule has 5 heteroatoms. The van der Waals surface area contributed by atoms with Gasteiger partial charge in [0.05, 0.1) is 10.4 Å². The molecule has 5 nitrogen and oxygen atoms in total. The summed E-state index contributed by atoms with van der Waals surface area (Å²) in [5.74, 6) is 0. The number of aryl methyl sites for hydroxylation is 1. The zero-order valence-electron chi connectivity index (χ0n) is 11.9. The van der Waals surface area contributed by atoms with E-state index in [1.54, 1.807) is 12.1 Å². The van der Waals surface area contributed by atoms with E-state index in [0.717, 1.165) is 35.9 Å². The summed E-state index contributed by atoms with van der Waals surface area (Å²) in [6, 6.07) is 7.09. The number of hydrogen-bond acceptors (Lipinski definition) is 2. The van der Waals surface area contributed by atoms with Gasteiger partial charge in [-0.2, -0.15) is 0 Å². The predicted molar refractivity (Wildman–Crippen MR) is 82.5 cm³/mol. The molecular weight excluding hydrogens is 266 g/mol. The number of non-ortho nitro benzene ring substituents is 1. The van der Waals surface area contributed by atoms with Gasteiger partial charge in [0, 0.05) is 42.7 Å². The van der Waals surface area contributed by atoms with Crippen LogP contribution in [0.1, 0.15) is 24.5 Å². The number of nitrogens with one attached hydrogen (secondary N) is 1. The number of nitrogens with zero attached hydrogens (tertiary/aromatic N) is 2. The number of rotatable bonds is 5. The minimum absolute atomic E-state index is 0.113. The van der Waals surface area contributed by atoms with Crippen LogP contribution in [0.4, 0.5) is 5.69 Å².